The summed E-state index contributed by atoms with van der Waals surface area (Å²) in [5.74, 6) is 1.58. The fraction of sp³-hybridized carbons (Fsp3) is 0.625. The first-order chi connectivity index (χ1) is 9.20. The molecule has 19 heavy (non-hydrogen) atoms. The quantitative estimate of drug-likeness (QED) is 0.898. The first-order valence-electron chi connectivity index (χ1n) is 7.41. The molecule has 0 bridgehead atoms. The Balaban J connectivity index is 1.90. The Kier molecular flexibility index (Phi) is 3.48. The molecule has 3 atom stereocenters. The zero-order valence-electron chi connectivity index (χ0n) is 11.8. The number of nitrogens with one attached hydrogen (secondary N) is 1. The Morgan fingerprint density at radius 3 is 2.58 bits per heavy atom. The fourth-order valence-electron chi connectivity index (χ4n) is 3.81. The number of nitrogens with zero attached hydrogens (tertiary/aromatic N) is 1. The molecule has 2 aliphatic rings. The number of hydrogen-bond acceptors (Lipinski definition) is 2. The second-order valence-electron chi connectivity index (χ2n) is 6.04. The highest BCUT2D eigenvalue weighted by molar-refractivity contribution is 5.56. The smallest absolute Gasteiger partial charge is 0.130 e. The Labute approximate surface area is 115 Å². The van der Waals surface area contributed by atoms with Gasteiger partial charge in [0, 0.05) is 30.4 Å². The van der Waals surface area contributed by atoms with Crippen LogP contribution in [0.2, 0.25) is 0 Å². The van der Waals surface area contributed by atoms with Crippen LogP contribution in [0.1, 0.15) is 37.8 Å². The molecule has 0 radical (unpaired) electrons. The van der Waals surface area contributed by atoms with Gasteiger partial charge in [0.25, 0.3) is 0 Å². The number of benzene rings is 1. The molecule has 1 aromatic carbocycles. The van der Waals surface area contributed by atoms with Gasteiger partial charge >= 0.3 is 0 Å². The summed E-state index contributed by atoms with van der Waals surface area (Å²) in [4.78, 5) is 2.40. The van der Waals surface area contributed by atoms with Crippen LogP contribution in [0.5, 0.6) is 0 Å². The molecule has 0 amide bonds. The molecule has 1 heterocycles. The second kappa shape index (κ2) is 5.12. The van der Waals surface area contributed by atoms with E-state index in [0.29, 0.717) is 0 Å². The lowest BCUT2D eigenvalue weighted by molar-refractivity contribution is 0.494. The third-order valence-corrected chi connectivity index (χ3v) is 4.96. The van der Waals surface area contributed by atoms with E-state index in [0.717, 1.165) is 36.2 Å². The van der Waals surface area contributed by atoms with Crippen LogP contribution in [0.25, 0.3) is 0 Å². The van der Waals surface area contributed by atoms with E-state index in [2.05, 4.69) is 16.3 Å². The van der Waals surface area contributed by atoms with Crippen LogP contribution in [-0.4, -0.2) is 20.1 Å². The summed E-state index contributed by atoms with van der Waals surface area (Å²) in [6.45, 7) is 4.24. The van der Waals surface area contributed by atoms with E-state index >= 15 is 0 Å². The first-order valence-corrected chi connectivity index (χ1v) is 7.41. The summed E-state index contributed by atoms with van der Waals surface area (Å²) in [7, 11) is 1.89. The summed E-state index contributed by atoms with van der Waals surface area (Å²) in [5, 5.41) is 3.17. The van der Waals surface area contributed by atoms with Gasteiger partial charge in [-0.15, -0.1) is 0 Å². The minimum absolute atomic E-state index is 0.0524. The van der Waals surface area contributed by atoms with Gasteiger partial charge in [-0.2, -0.15) is 0 Å². The number of fused-ring (bicyclic) bond motifs is 1. The highest BCUT2D eigenvalue weighted by Crippen LogP contribution is 2.41. The van der Waals surface area contributed by atoms with Crippen molar-refractivity contribution in [3.8, 4) is 0 Å². The van der Waals surface area contributed by atoms with Crippen LogP contribution >= 0.6 is 0 Å². The third-order valence-electron chi connectivity index (χ3n) is 4.96. The van der Waals surface area contributed by atoms with Gasteiger partial charge in [-0.25, -0.2) is 4.39 Å². The lowest BCUT2D eigenvalue weighted by atomic mass is 10.0. The fourth-order valence-corrected chi connectivity index (χ4v) is 3.81. The Bertz CT molecular complexity index is 448. The standard InChI is InChI=1S/C16H23FN2/c1-11(18-2)16-14(17)7-4-8-15(16)19-9-12-5-3-6-13(12)10-19/h4,7-8,11-13,18H,3,5-6,9-10H2,1-2H3. The normalized spacial score (nSPS) is 27.6. The topological polar surface area (TPSA) is 15.3 Å². The van der Waals surface area contributed by atoms with Crippen molar-refractivity contribution in [2.45, 2.75) is 32.2 Å². The molecule has 2 nitrogen and oxygen atoms in total. The molecule has 1 aromatic rings. The van der Waals surface area contributed by atoms with Gasteiger partial charge in [-0.05, 0) is 50.8 Å². The van der Waals surface area contributed by atoms with Crippen molar-refractivity contribution in [1.82, 2.24) is 5.32 Å². The largest absolute Gasteiger partial charge is 0.371 e. The van der Waals surface area contributed by atoms with Crippen LogP contribution in [-0.2, 0) is 0 Å². The van der Waals surface area contributed by atoms with Crippen LogP contribution in [0.15, 0.2) is 18.2 Å². The van der Waals surface area contributed by atoms with E-state index in [1.807, 2.05) is 20.0 Å². The zero-order valence-corrected chi connectivity index (χ0v) is 11.8. The molecule has 1 aliphatic heterocycles. The van der Waals surface area contributed by atoms with Gasteiger partial charge in [-0.3, -0.25) is 0 Å². The minimum Gasteiger partial charge on any atom is -0.371 e. The monoisotopic (exact) mass is 262 g/mol. The van der Waals surface area contributed by atoms with Crippen molar-refractivity contribution in [3.05, 3.63) is 29.6 Å². The summed E-state index contributed by atoms with van der Waals surface area (Å²) in [6.07, 6.45) is 4.09. The second-order valence-corrected chi connectivity index (χ2v) is 6.04. The maximum Gasteiger partial charge on any atom is 0.130 e. The molecule has 2 fully saturated rings. The molecule has 104 valence electrons. The van der Waals surface area contributed by atoms with E-state index in [4.69, 9.17) is 0 Å². The summed E-state index contributed by atoms with van der Waals surface area (Å²) >= 11 is 0. The lowest BCUT2D eigenvalue weighted by Gasteiger charge is -2.25. The van der Waals surface area contributed by atoms with Crippen LogP contribution in [0.4, 0.5) is 10.1 Å². The number of rotatable bonds is 3. The molecular weight excluding hydrogens is 239 g/mol. The Hall–Kier alpha value is -1.09. The lowest BCUT2D eigenvalue weighted by Crippen LogP contribution is -2.25. The summed E-state index contributed by atoms with van der Waals surface area (Å²) < 4.78 is 14.2. The van der Waals surface area contributed by atoms with Gasteiger partial charge in [-0.1, -0.05) is 12.5 Å². The van der Waals surface area contributed by atoms with Crippen LogP contribution in [0.3, 0.4) is 0 Å². The predicted octanol–water partition coefficient (Wildman–Crippen LogP) is 3.34. The van der Waals surface area contributed by atoms with E-state index in [1.54, 1.807) is 6.07 Å². The SMILES string of the molecule is CNC(C)c1c(F)cccc1N1CC2CCCC2C1. The minimum atomic E-state index is -0.0867. The maximum atomic E-state index is 14.2. The average Bonchev–Trinajstić information content (AvgIpc) is 2.98. The van der Waals surface area contributed by atoms with Gasteiger partial charge < -0.3 is 10.2 Å². The molecule has 1 N–H and O–H groups in total. The predicted molar refractivity (Wildman–Crippen MR) is 76.9 cm³/mol. The van der Waals surface area contributed by atoms with Crippen molar-refractivity contribution >= 4 is 5.69 Å². The average molecular weight is 262 g/mol. The van der Waals surface area contributed by atoms with Crippen molar-refractivity contribution in [2.24, 2.45) is 11.8 Å². The van der Waals surface area contributed by atoms with E-state index in [9.17, 15) is 4.39 Å². The van der Waals surface area contributed by atoms with Gasteiger partial charge in [0.15, 0.2) is 0 Å². The molecule has 0 spiro atoms. The molecule has 1 saturated carbocycles. The zero-order chi connectivity index (χ0) is 13.4. The molecular formula is C16H23FN2. The Morgan fingerprint density at radius 1 is 1.26 bits per heavy atom. The van der Waals surface area contributed by atoms with Crippen LogP contribution in [0, 0.1) is 17.7 Å². The Morgan fingerprint density at radius 2 is 1.95 bits per heavy atom. The summed E-state index contributed by atoms with van der Waals surface area (Å²) in [6, 6.07) is 5.54. The first kappa shape index (κ1) is 12.9. The van der Waals surface area contributed by atoms with Crippen molar-refractivity contribution in [2.75, 3.05) is 25.0 Å². The van der Waals surface area contributed by atoms with Crippen molar-refractivity contribution < 1.29 is 4.39 Å². The molecule has 3 unspecified atom stereocenters. The molecule has 3 heteroatoms. The van der Waals surface area contributed by atoms with E-state index in [1.165, 1.54) is 19.3 Å². The van der Waals surface area contributed by atoms with Crippen molar-refractivity contribution in [3.63, 3.8) is 0 Å². The van der Waals surface area contributed by atoms with E-state index in [-0.39, 0.29) is 11.9 Å². The molecule has 3 rings (SSSR count). The van der Waals surface area contributed by atoms with Crippen molar-refractivity contribution in [1.29, 1.82) is 0 Å². The summed E-state index contributed by atoms with van der Waals surface area (Å²) in [5.41, 5.74) is 1.92. The number of halogens is 1. The highest BCUT2D eigenvalue weighted by atomic mass is 19.1. The molecule has 1 aliphatic carbocycles. The third kappa shape index (κ3) is 2.25. The van der Waals surface area contributed by atoms with Gasteiger partial charge in [0.05, 0.1) is 0 Å². The molecule has 0 aromatic heterocycles. The van der Waals surface area contributed by atoms with Crippen LogP contribution < -0.4 is 10.2 Å². The number of anilines is 1. The van der Waals surface area contributed by atoms with Gasteiger partial charge in [0.2, 0.25) is 0 Å². The van der Waals surface area contributed by atoms with E-state index < -0.39 is 0 Å². The number of hydrogen-bond donors (Lipinski definition) is 1. The maximum absolute atomic E-state index is 14.2. The highest BCUT2D eigenvalue weighted by Gasteiger charge is 2.37. The molecule has 1 saturated heterocycles. The van der Waals surface area contributed by atoms with Gasteiger partial charge in [0.1, 0.15) is 5.82 Å².